The Hall–Kier alpha value is -2.13. The maximum Gasteiger partial charge on any atom is 0.356 e. The Balaban J connectivity index is 1.49. The van der Waals surface area contributed by atoms with E-state index in [1.54, 1.807) is 12.1 Å². The number of hydrogen-bond acceptors (Lipinski definition) is 3. The van der Waals surface area contributed by atoms with Gasteiger partial charge in [0.05, 0.1) is 5.56 Å². The van der Waals surface area contributed by atoms with E-state index in [2.05, 4.69) is 37.5 Å². The molecule has 3 rings (SSSR count). The van der Waals surface area contributed by atoms with Crippen molar-refractivity contribution in [3.8, 4) is 0 Å². The molecule has 0 atom stereocenters. The minimum Gasteiger partial charge on any atom is -0.366 e. The minimum absolute atomic E-state index is 0.248. The molecule has 114 valence electrons. The fourth-order valence-electron chi connectivity index (χ4n) is 3.02. The third-order valence-electron chi connectivity index (χ3n) is 4.33. The maximum absolute atomic E-state index is 11.8. The Bertz CT molecular complexity index is 660. The van der Waals surface area contributed by atoms with Crippen molar-refractivity contribution in [2.45, 2.75) is 38.6 Å². The number of carbonyl (C=O) groups excluding carboxylic acids is 1. The Kier molecular flexibility index (Phi) is 4.25. The van der Waals surface area contributed by atoms with Gasteiger partial charge < -0.3 is 4.84 Å². The van der Waals surface area contributed by atoms with Crippen LogP contribution in [0.5, 0.6) is 0 Å². The fraction of sp³-hybridized carbons (Fsp3) is 0.316. The molecule has 1 N–H and O–H groups in total. The summed E-state index contributed by atoms with van der Waals surface area (Å²) in [5.74, 6) is 0.240. The first-order valence-electron chi connectivity index (χ1n) is 7.72. The normalized spacial score (nSPS) is 20.3. The molecule has 2 aromatic carbocycles. The van der Waals surface area contributed by atoms with Gasteiger partial charge in [0.15, 0.2) is 0 Å². The Morgan fingerprint density at radius 3 is 2.50 bits per heavy atom. The predicted octanol–water partition coefficient (Wildman–Crippen LogP) is 3.91. The standard InChI is InChI=1S/C19H21NO2/c1-13-8-9-18(14(2)10-13)16-11-17(12-16)20-22-19(21)15-6-4-3-5-7-15/h3-10,16-17,20H,11-12H2,1-2H3. The molecular formula is C19H21NO2. The number of benzene rings is 2. The van der Waals surface area contributed by atoms with Crippen LogP contribution in [0, 0.1) is 13.8 Å². The smallest absolute Gasteiger partial charge is 0.356 e. The van der Waals surface area contributed by atoms with Crippen LogP contribution in [0.4, 0.5) is 0 Å². The average molecular weight is 295 g/mol. The van der Waals surface area contributed by atoms with E-state index in [1.807, 2.05) is 18.2 Å². The van der Waals surface area contributed by atoms with Crippen LogP contribution in [0.25, 0.3) is 0 Å². The lowest BCUT2D eigenvalue weighted by atomic mass is 9.75. The number of nitrogens with one attached hydrogen (secondary N) is 1. The highest BCUT2D eigenvalue weighted by Gasteiger charge is 2.32. The summed E-state index contributed by atoms with van der Waals surface area (Å²) in [6.07, 6.45) is 2.01. The topological polar surface area (TPSA) is 38.3 Å². The van der Waals surface area contributed by atoms with Crippen molar-refractivity contribution in [3.05, 3.63) is 70.8 Å². The third kappa shape index (κ3) is 3.20. The molecule has 3 nitrogen and oxygen atoms in total. The van der Waals surface area contributed by atoms with E-state index in [4.69, 9.17) is 4.84 Å². The van der Waals surface area contributed by atoms with Gasteiger partial charge in [-0.3, -0.25) is 0 Å². The van der Waals surface area contributed by atoms with Gasteiger partial charge in [-0.25, -0.2) is 4.79 Å². The monoisotopic (exact) mass is 295 g/mol. The van der Waals surface area contributed by atoms with Crippen LogP contribution in [0.15, 0.2) is 48.5 Å². The first-order chi connectivity index (χ1) is 10.6. The molecule has 22 heavy (non-hydrogen) atoms. The molecule has 1 saturated carbocycles. The minimum atomic E-state index is -0.324. The molecule has 2 aromatic rings. The summed E-state index contributed by atoms with van der Waals surface area (Å²) in [5.41, 5.74) is 7.53. The molecule has 1 fully saturated rings. The lowest BCUT2D eigenvalue weighted by Crippen LogP contribution is -2.41. The van der Waals surface area contributed by atoms with Crippen molar-refractivity contribution in [3.63, 3.8) is 0 Å². The molecule has 0 bridgehead atoms. The van der Waals surface area contributed by atoms with Gasteiger partial charge in [-0.05, 0) is 55.9 Å². The van der Waals surface area contributed by atoms with Crippen LogP contribution in [0.2, 0.25) is 0 Å². The van der Waals surface area contributed by atoms with E-state index < -0.39 is 0 Å². The zero-order chi connectivity index (χ0) is 15.5. The van der Waals surface area contributed by atoms with Crippen molar-refractivity contribution in [1.82, 2.24) is 5.48 Å². The summed E-state index contributed by atoms with van der Waals surface area (Å²) in [5, 5.41) is 0. The quantitative estimate of drug-likeness (QED) is 0.869. The van der Waals surface area contributed by atoms with Crippen LogP contribution >= 0.6 is 0 Å². The zero-order valence-corrected chi connectivity index (χ0v) is 13.0. The van der Waals surface area contributed by atoms with Gasteiger partial charge >= 0.3 is 5.97 Å². The number of rotatable bonds is 4. The molecule has 0 saturated heterocycles. The number of hydroxylamine groups is 1. The highest BCUT2D eigenvalue weighted by molar-refractivity contribution is 5.89. The van der Waals surface area contributed by atoms with Crippen LogP contribution in [0.1, 0.15) is 45.8 Å². The van der Waals surface area contributed by atoms with Crippen molar-refractivity contribution in [1.29, 1.82) is 0 Å². The number of hydrogen-bond donors (Lipinski definition) is 1. The molecule has 3 heteroatoms. The van der Waals surface area contributed by atoms with Gasteiger partial charge in [0.2, 0.25) is 0 Å². The second-order valence-corrected chi connectivity index (χ2v) is 6.10. The average Bonchev–Trinajstić information content (AvgIpc) is 2.48. The third-order valence-corrected chi connectivity index (χ3v) is 4.33. The number of aryl methyl sites for hydroxylation is 2. The highest BCUT2D eigenvalue weighted by atomic mass is 16.7. The summed E-state index contributed by atoms with van der Waals surface area (Å²) >= 11 is 0. The summed E-state index contributed by atoms with van der Waals surface area (Å²) in [6, 6.07) is 15.9. The maximum atomic E-state index is 11.8. The molecule has 0 spiro atoms. The molecule has 0 heterocycles. The molecular weight excluding hydrogens is 274 g/mol. The van der Waals surface area contributed by atoms with Gasteiger partial charge in [0.1, 0.15) is 0 Å². The first-order valence-corrected chi connectivity index (χ1v) is 7.72. The highest BCUT2D eigenvalue weighted by Crippen LogP contribution is 2.38. The fourth-order valence-corrected chi connectivity index (χ4v) is 3.02. The predicted molar refractivity (Wildman–Crippen MR) is 86.7 cm³/mol. The molecule has 1 aliphatic carbocycles. The van der Waals surface area contributed by atoms with E-state index in [-0.39, 0.29) is 12.0 Å². The van der Waals surface area contributed by atoms with Crippen molar-refractivity contribution >= 4 is 5.97 Å². The molecule has 0 amide bonds. The molecule has 0 radical (unpaired) electrons. The van der Waals surface area contributed by atoms with E-state index in [1.165, 1.54) is 16.7 Å². The summed E-state index contributed by atoms with van der Waals surface area (Å²) in [4.78, 5) is 17.0. The van der Waals surface area contributed by atoms with Gasteiger partial charge in [-0.2, -0.15) is 0 Å². The lowest BCUT2D eigenvalue weighted by molar-refractivity contribution is 0.00275. The summed E-state index contributed by atoms with van der Waals surface area (Å²) in [6.45, 7) is 4.28. The van der Waals surface area contributed by atoms with Crippen molar-refractivity contribution in [2.24, 2.45) is 0 Å². The van der Waals surface area contributed by atoms with E-state index in [0.717, 1.165) is 12.8 Å². The Morgan fingerprint density at radius 1 is 1.09 bits per heavy atom. The van der Waals surface area contributed by atoms with Crippen LogP contribution < -0.4 is 5.48 Å². The Labute approximate surface area is 131 Å². The second-order valence-electron chi connectivity index (χ2n) is 6.10. The van der Waals surface area contributed by atoms with Gasteiger partial charge in [0, 0.05) is 6.04 Å². The van der Waals surface area contributed by atoms with E-state index in [9.17, 15) is 4.79 Å². The molecule has 0 unspecified atom stereocenters. The number of carbonyl (C=O) groups is 1. The lowest BCUT2D eigenvalue weighted by Gasteiger charge is -2.36. The van der Waals surface area contributed by atoms with E-state index in [0.29, 0.717) is 11.5 Å². The van der Waals surface area contributed by atoms with Gasteiger partial charge in [-0.1, -0.05) is 42.0 Å². The molecule has 0 aromatic heterocycles. The zero-order valence-electron chi connectivity index (χ0n) is 13.0. The first kappa shape index (κ1) is 14.8. The van der Waals surface area contributed by atoms with Gasteiger partial charge in [0.25, 0.3) is 0 Å². The SMILES string of the molecule is Cc1ccc(C2CC(NOC(=O)c3ccccc3)C2)c(C)c1. The van der Waals surface area contributed by atoms with Crippen molar-refractivity contribution < 1.29 is 9.63 Å². The molecule has 0 aliphatic heterocycles. The van der Waals surface area contributed by atoms with Crippen molar-refractivity contribution in [2.75, 3.05) is 0 Å². The Morgan fingerprint density at radius 2 is 1.82 bits per heavy atom. The van der Waals surface area contributed by atoms with E-state index >= 15 is 0 Å². The second kappa shape index (κ2) is 6.32. The van der Waals surface area contributed by atoms with Crippen LogP contribution in [-0.4, -0.2) is 12.0 Å². The largest absolute Gasteiger partial charge is 0.366 e. The van der Waals surface area contributed by atoms with Crippen LogP contribution in [0.3, 0.4) is 0 Å². The van der Waals surface area contributed by atoms with Crippen LogP contribution in [-0.2, 0) is 4.84 Å². The molecule has 1 aliphatic rings. The van der Waals surface area contributed by atoms with Gasteiger partial charge in [-0.15, -0.1) is 5.48 Å². The summed E-state index contributed by atoms with van der Waals surface area (Å²) in [7, 11) is 0. The summed E-state index contributed by atoms with van der Waals surface area (Å²) < 4.78 is 0.